The van der Waals surface area contributed by atoms with Crippen LogP contribution in [0.1, 0.15) is 11.1 Å². The topological polar surface area (TPSA) is 31.7 Å². The number of piperazine rings is 1. The van der Waals surface area contributed by atoms with Crippen molar-refractivity contribution in [3.63, 3.8) is 0 Å². The van der Waals surface area contributed by atoms with E-state index >= 15 is 0 Å². The van der Waals surface area contributed by atoms with Crippen LogP contribution in [-0.2, 0) is 6.67 Å². The fourth-order valence-electron chi connectivity index (χ4n) is 3.84. The van der Waals surface area contributed by atoms with Gasteiger partial charge >= 0.3 is 0 Å². The summed E-state index contributed by atoms with van der Waals surface area (Å²) in [5.74, 6) is 1.20. The molecule has 1 aromatic carbocycles. The van der Waals surface area contributed by atoms with Crippen molar-refractivity contribution in [2.24, 2.45) is 0 Å². The first kappa shape index (κ1) is 17.9. The average molecular weight is 382 g/mol. The monoisotopic (exact) mass is 381 g/mol. The number of rotatable bonds is 4. The molecule has 3 heterocycles. The van der Waals surface area contributed by atoms with Gasteiger partial charge in [0.1, 0.15) is 26.2 Å². The predicted molar refractivity (Wildman–Crippen MR) is 110 cm³/mol. The third-order valence-corrected chi connectivity index (χ3v) is 5.79. The highest BCUT2D eigenvalue weighted by Crippen LogP contribution is 2.16. The largest absolute Gasteiger partial charge is 0.311 e. The summed E-state index contributed by atoms with van der Waals surface area (Å²) in [5.41, 5.74) is 3.70. The van der Waals surface area contributed by atoms with Gasteiger partial charge in [0.2, 0.25) is 0 Å². The van der Waals surface area contributed by atoms with E-state index in [0.717, 1.165) is 37.6 Å². The van der Waals surface area contributed by atoms with Crippen LogP contribution in [-0.4, -0.2) is 35.3 Å². The van der Waals surface area contributed by atoms with Gasteiger partial charge in [-0.1, -0.05) is 23.8 Å². The van der Waals surface area contributed by atoms with E-state index in [4.69, 9.17) is 12.2 Å². The zero-order chi connectivity index (χ0) is 18.8. The van der Waals surface area contributed by atoms with E-state index in [0.29, 0.717) is 0 Å². The zero-order valence-corrected chi connectivity index (χ0v) is 16.8. The van der Waals surface area contributed by atoms with E-state index in [1.807, 2.05) is 12.3 Å². The summed E-state index contributed by atoms with van der Waals surface area (Å²) in [5, 5.41) is 0. The molecule has 2 N–H and O–H groups in total. The Bertz CT molecular complexity index is 968. The molecule has 27 heavy (non-hydrogen) atoms. The molecule has 0 amide bonds. The summed E-state index contributed by atoms with van der Waals surface area (Å²) >= 11 is 5.77. The number of hydrogen-bond donors (Lipinski definition) is 1. The second-order valence-electron chi connectivity index (χ2n) is 7.35. The fraction of sp³-hybridized carbons (Fsp3) is 0.333. The molecule has 0 spiro atoms. The minimum atomic E-state index is 0.869. The first-order valence-electron chi connectivity index (χ1n) is 9.52. The molecular formula is C21H27N5S+2. The second-order valence-corrected chi connectivity index (χ2v) is 7.72. The lowest BCUT2D eigenvalue weighted by Crippen LogP contribution is -3.14. The van der Waals surface area contributed by atoms with Crippen LogP contribution in [0, 0.1) is 18.6 Å². The molecule has 0 atom stereocenters. The highest BCUT2D eigenvalue weighted by molar-refractivity contribution is 7.71. The number of aryl methyl sites for hydroxylation is 2. The maximum absolute atomic E-state index is 5.77. The minimum Gasteiger partial charge on any atom is -0.311 e. The highest BCUT2D eigenvalue weighted by Gasteiger charge is 2.26. The Morgan fingerprint density at radius 3 is 2.59 bits per heavy atom. The third-order valence-electron chi connectivity index (χ3n) is 5.36. The summed E-state index contributed by atoms with van der Waals surface area (Å²) in [6.07, 6.45) is 6.20. The van der Waals surface area contributed by atoms with Crippen LogP contribution in [0.2, 0.25) is 0 Å². The van der Waals surface area contributed by atoms with Crippen molar-refractivity contribution in [3.05, 3.63) is 70.9 Å². The van der Waals surface area contributed by atoms with Crippen LogP contribution in [0.3, 0.4) is 0 Å². The lowest BCUT2D eigenvalue weighted by atomic mass is 10.1. The Morgan fingerprint density at radius 2 is 1.89 bits per heavy atom. The number of imidazole rings is 1. The summed E-state index contributed by atoms with van der Waals surface area (Å²) < 4.78 is 5.20. The number of benzene rings is 1. The number of nitrogens with one attached hydrogen (secondary N) is 2. The van der Waals surface area contributed by atoms with Gasteiger partial charge in [-0.05, 0) is 43.8 Å². The minimum absolute atomic E-state index is 0.869. The number of aromatic nitrogens is 3. The lowest BCUT2D eigenvalue weighted by molar-refractivity contribution is -0.923. The van der Waals surface area contributed by atoms with Crippen molar-refractivity contribution in [1.29, 1.82) is 0 Å². The molecule has 3 aromatic rings. The van der Waals surface area contributed by atoms with Crippen LogP contribution < -0.4 is 14.8 Å². The number of hydrogen-bond acceptors (Lipinski definition) is 2. The van der Waals surface area contributed by atoms with Crippen molar-refractivity contribution in [2.75, 3.05) is 31.1 Å². The Labute approximate surface area is 165 Å². The van der Waals surface area contributed by atoms with Crippen LogP contribution >= 0.6 is 12.2 Å². The SMILES string of the molecule is Cc1ccc(-n2ccn(C[NH+]3CCN(c4cccc[nH+]4)CC3)c2=S)c(C)c1. The first-order valence-corrected chi connectivity index (χ1v) is 9.93. The van der Waals surface area contributed by atoms with Crippen molar-refractivity contribution < 1.29 is 9.88 Å². The maximum Gasteiger partial charge on any atom is 0.274 e. The first-order chi connectivity index (χ1) is 13.1. The van der Waals surface area contributed by atoms with Gasteiger partial charge in [-0.2, -0.15) is 0 Å². The predicted octanol–water partition coefficient (Wildman–Crippen LogP) is 1.80. The Hall–Kier alpha value is -2.44. The van der Waals surface area contributed by atoms with Gasteiger partial charge < -0.3 is 4.90 Å². The molecule has 0 aliphatic carbocycles. The third kappa shape index (κ3) is 3.82. The summed E-state index contributed by atoms with van der Waals surface area (Å²) in [4.78, 5) is 7.32. The number of anilines is 1. The molecule has 6 heteroatoms. The van der Waals surface area contributed by atoms with Crippen LogP contribution in [0.4, 0.5) is 5.82 Å². The van der Waals surface area contributed by atoms with Crippen molar-refractivity contribution >= 4 is 18.0 Å². The van der Waals surface area contributed by atoms with E-state index < -0.39 is 0 Å². The number of pyridine rings is 1. The average Bonchev–Trinajstić information content (AvgIpc) is 3.03. The van der Waals surface area contributed by atoms with E-state index in [2.05, 4.69) is 75.6 Å². The molecule has 1 saturated heterocycles. The van der Waals surface area contributed by atoms with Crippen molar-refractivity contribution in [1.82, 2.24) is 9.13 Å². The molecule has 1 fully saturated rings. The molecule has 5 nitrogen and oxygen atoms in total. The zero-order valence-electron chi connectivity index (χ0n) is 16.0. The number of nitrogens with zero attached hydrogens (tertiary/aromatic N) is 3. The molecule has 2 aromatic heterocycles. The lowest BCUT2D eigenvalue weighted by Gasteiger charge is -2.28. The van der Waals surface area contributed by atoms with Gasteiger partial charge in [0.15, 0.2) is 11.4 Å². The Balaban J connectivity index is 1.44. The molecule has 0 unspecified atom stereocenters. The molecule has 0 bridgehead atoms. The normalized spacial score (nSPS) is 15.3. The molecule has 0 radical (unpaired) electrons. The quantitative estimate of drug-likeness (QED) is 0.699. The Morgan fingerprint density at radius 1 is 1.07 bits per heavy atom. The summed E-state index contributed by atoms with van der Waals surface area (Å²) in [6, 6.07) is 12.8. The van der Waals surface area contributed by atoms with E-state index in [9.17, 15) is 0 Å². The number of H-pyrrole nitrogens is 1. The molecule has 1 aliphatic heterocycles. The standard InChI is InChI=1S/C21H25N5S/c1-17-6-7-19(18(2)15-17)26-14-13-25(21(26)27)16-23-9-11-24(12-10-23)20-5-3-4-8-22-20/h3-8,13-15H,9-12,16H2,1-2H3/p+2. The van der Waals surface area contributed by atoms with Gasteiger partial charge in [0.05, 0.1) is 11.9 Å². The van der Waals surface area contributed by atoms with Gasteiger partial charge in [-0.15, -0.1) is 0 Å². The highest BCUT2D eigenvalue weighted by atomic mass is 32.1. The van der Waals surface area contributed by atoms with Gasteiger partial charge in [-0.3, -0.25) is 14.0 Å². The summed E-state index contributed by atoms with van der Waals surface area (Å²) in [7, 11) is 0. The molecule has 1 aliphatic rings. The van der Waals surface area contributed by atoms with Crippen molar-refractivity contribution in [2.45, 2.75) is 20.5 Å². The van der Waals surface area contributed by atoms with Crippen LogP contribution in [0.25, 0.3) is 5.69 Å². The van der Waals surface area contributed by atoms with E-state index in [1.54, 1.807) is 4.90 Å². The fourth-order valence-corrected chi connectivity index (χ4v) is 4.12. The van der Waals surface area contributed by atoms with Gasteiger partial charge in [0, 0.05) is 18.5 Å². The number of quaternary nitrogens is 1. The molecule has 0 saturated carbocycles. The van der Waals surface area contributed by atoms with Gasteiger partial charge in [0.25, 0.3) is 5.82 Å². The van der Waals surface area contributed by atoms with E-state index in [-0.39, 0.29) is 0 Å². The van der Waals surface area contributed by atoms with Crippen LogP contribution in [0.5, 0.6) is 0 Å². The van der Waals surface area contributed by atoms with Crippen molar-refractivity contribution in [3.8, 4) is 5.69 Å². The van der Waals surface area contributed by atoms with Crippen LogP contribution in [0.15, 0.2) is 55.0 Å². The smallest absolute Gasteiger partial charge is 0.274 e. The maximum atomic E-state index is 5.77. The molecule has 140 valence electrons. The summed E-state index contributed by atoms with van der Waals surface area (Å²) in [6.45, 7) is 9.52. The second kappa shape index (κ2) is 7.66. The van der Waals surface area contributed by atoms with E-state index in [1.165, 1.54) is 22.6 Å². The number of aromatic amines is 1. The molecule has 4 rings (SSSR count). The molecular weight excluding hydrogens is 354 g/mol. The van der Waals surface area contributed by atoms with Gasteiger partial charge in [-0.25, -0.2) is 4.98 Å². The Kier molecular flexibility index (Phi) is 5.09.